The molecule has 0 aliphatic rings. The van der Waals surface area contributed by atoms with Crippen LogP contribution in [0.2, 0.25) is 0 Å². The van der Waals surface area contributed by atoms with E-state index >= 15 is 0 Å². The lowest BCUT2D eigenvalue weighted by Gasteiger charge is -2.17. The third-order valence-electron chi connectivity index (χ3n) is 2.66. The normalized spacial score (nSPS) is 12.9. The Kier molecular flexibility index (Phi) is 6.12. The number of carbonyl (C=O) groups is 1. The summed E-state index contributed by atoms with van der Waals surface area (Å²) in [6, 6.07) is 3.56. The number of carboxylic acids is 1. The summed E-state index contributed by atoms with van der Waals surface area (Å²) in [6.07, 6.45) is 3.15. The SMILES string of the molecule is CC(C)(C)CCS(=O)(=O)NCc1ccc(/C=C/C(=O)O)s1. The van der Waals surface area contributed by atoms with Gasteiger partial charge < -0.3 is 5.11 Å². The van der Waals surface area contributed by atoms with Crippen molar-refractivity contribution < 1.29 is 18.3 Å². The average Bonchev–Trinajstić information content (AvgIpc) is 2.79. The molecule has 1 rings (SSSR count). The second-order valence-corrected chi connectivity index (χ2v) is 9.05. The molecular formula is C14H21NO4S2. The van der Waals surface area contributed by atoms with Gasteiger partial charge in [0.15, 0.2) is 0 Å². The van der Waals surface area contributed by atoms with E-state index in [0.717, 1.165) is 15.8 Å². The van der Waals surface area contributed by atoms with Crippen LogP contribution in [0.1, 0.15) is 36.9 Å². The highest BCUT2D eigenvalue weighted by atomic mass is 32.2. The Morgan fingerprint density at radius 1 is 1.38 bits per heavy atom. The van der Waals surface area contributed by atoms with Crippen LogP contribution < -0.4 is 4.72 Å². The van der Waals surface area contributed by atoms with E-state index in [9.17, 15) is 13.2 Å². The lowest BCUT2D eigenvalue weighted by Crippen LogP contribution is -2.27. The maximum absolute atomic E-state index is 11.9. The minimum absolute atomic E-state index is 0.0214. The summed E-state index contributed by atoms with van der Waals surface area (Å²) in [5, 5.41) is 8.54. The zero-order valence-corrected chi connectivity index (χ0v) is 14.1. The first kappa shape index (κ1) is 17.9. The summed E-state index contributed by atoms with van der Waals surface area (Å²) in [6.45, 7) is 6.24. The first-order valence-electron chi connectivity index (χ1n) is 6.54. The molecule has 0 spiro atoms. The van der Waals surface area contributed by atoms with Crippen molar-refractivity contribution in [2.75, 3.05) is 5.75 Å². The van der Waals surface area contributed by atoms with Gasteiger partial charge in [0.05, 0.1) is 5.75 Å². The van der Waals surface area contributed by atoms with Gasteiger partial charge in [-0.25, -0.2) is 17.9 Å². The molecule has 0 saturated heterocycles. The number of hydrogen-bond donors (Lipinski definition) is 2. The predicted octanol–water partition coefficient (Wildman–Crippen LogP) is 2.70. The summed E-state index contributed by atoms with van der Waals surface area (Å²) >= 11 is 1.36. The molecule has 1 aromatic heterocycles. The van der Waals surface area contributed by atoms with Gasteiger partial charge in [-0.05, 0) is 30.0 Å². The van der Waals surface area contributed by atoms with Gasteiger partial charge in [-0.15, -0.1) is 11.3 Å². The fourth-order valence-corrected chi connectivity index (χ4v) is 3.77. The minimum Gasteiger partial charge on any atom is -0.478 e. The molecule has 21 heavy (non-hydrogen) atoms. The summed E-state index contributed by atoms with van der Waals surface area (Å²) < 4.78 is 26.3. The highest BCUT2D eigenvalue weighted by molar-refractivity contribution is 7.89. The standard InChI is InChI=1S/C14H21NO4S2/c1-14(2,3)8-9-21(18,19)15-10-12-5-4-11(20-12)6-7-13(16)17/h4-7,15H,8-10H2,1-3H3,(H,16,17)/b7-6+. The molecule has 0 fully saturated rings. The molecule has 7 heteroatoms. The average molecular weight is 331 g/mol. The predicted molar refractivity (Wildman–Crippen MR) is 85.7 cm³/mol. The first-order chi connectivity index (χ1) is 9.57. The van der Waals surface area contributed by atoms with Crippen LogP contribution in [0, 0.1) is 5.41 Å². The molecule has 0 radical (unpaired) electrons. The van der Waals surface area contributed by atoms with E-state index in [1.165, 1.54) is 17.4 Å². The van der Waals surface area contributed by atoms with Crippen molar-refractivity contribution >= 4 is 33.4 Å². The van der Waals surface area contributed by atoms with Gasteiger partial charge >= 0.3 is 5.97 Å². The topological polar surface area (TPSA) is 83.5 Å². The van der Waals surface area contributed by atoms with Gasteiger partial charge in [0.25, 0.3) is 0 Å². The van der Waals surface area contributed by atoms with Crippen LogP contribution in [0.4, 0.5) is 0 Å². The quantitative estimate of drug-likeness (QED) is 0.753. The molecule has 0 unspecified atom stereocenters. The van der Waals surface area contributed by atoms with Crippen LogP contribution in [0.5, 0.6) is 0 Å². The van der Waals surface area contributed by atoms with Crippen LogP contribution in [-0.4, -0.2) is 25.2 Å². The molecule has 0 bridgehead atoms. The minimum atomic E-state index is -3.28. The van der Waals surface area contributed by atoms with Crippen molar-refractivity contribution in [2.24, 2.45) is 5.41 Å². The van der Waals surface area contributed by atoms with E-state index in [1.54, 1.807) is 12.1 Å². The van der Waals surface area contributed by atoms with Crippen molar-refractivity contribution in [2.45, 2.75) is 33.7 Å². The van der Waals surface area contributed by atoms with Gasteiger partial charge in [-0.1, -0.05) is 20.8 Å². The Hall–Kier alpha value is -1.18. The number of hydrogen-bond acceptors (Lipinski definition) is 4. The van der Waals surface area contributed by atoms with Gasteiger partial charge in [0, 0.05) is 22.4 Å². The molecular weight excluding hydrogens is 310 g/mol. The third-order valence-corrected chi connectivity index (χ3v) is 5.04. The monoisotopic (exact) mass is 331 g/mol. The fraction of sp³-hybridized carbons (Fsp3) is 0.500. The molecule has 0 saturated carbocycles. The van der Waals surface area contributed by atoms with Crippen LogP contribution in [0.25, 0.3) is 6.08 Å². The van der Waals surface area contributed by atoms with Gasteiger partial charge in [0.2, 0.25) is 10.0 Å². The highest BCUT2D eigenvalue weighted by Gasteiger charge is 2.17. The summed E-state index contributed by atoms with van der Waals surface area (Å²) in [4.78, 5) is 12.0. The van der Waals surface area contributed by atoms with E-state index in [0.29, 0.717) is 6.42 Å². The Morgan fingerprint density at radius 2 is 2.05 bits per heavy atom. The number of nitrogens with one attached hydrogen (secondary N) is 1. The smallest absolute Gasteiger partial charge is 0.328 e. The largest absolute Gasteiger partial charge is 0.478 e. The maximum Gasteiger partial charge on any atom is 0.328 e. The van der Waals surface area contributed by atoms with Crippen LogP contribution >= 0.6 is 11.3 Å². The van der Waals surface area contributed by atoms with Gasteiger partial charge in [-0.3, -0.25) is 0 Å². The highest BCUT2D eigenvalue weighted by Crippen LogP contribution is 2.20. The molecule has 1 aromatic rings. The van der Waals surface area contributed by atoms with Crippen molar-refractivity contribution in [3.63, 3.8) is 0 Å². The molecule has 1 heterocycles. The maximum atomic E-state index is 11.9. The van der Waals surface area contributed by atoms with Crippen molar-refractivity contribution in [1.82, 2.24) is 4.72 Å². The molecule has 118 valence electrons. The van der Waals surface area contributed by atoms with E-state index in [1.807, 2.05) is 20.8 Å². The van der Waals surface area contributed by atoms with E-state index < -0.39 is 16.0 Å². The first-order valence-corrected chi connectivity index (χ1v) is 9.01. The second-order valence-electron chi connectivity index (χ2n) is 5.93. The van der Waals surface area contributed by atoms with Gasteiger partial charge in [-0.2, -0.15) is 0 Å². The Bertz CT molecular complexity index is 609. The number of thiophene rings is 1. The van der Waals surface area contributed by atoms with Crippen LogP contribution in [0.15, 0.2) is 18.2 Å². The van der Waals surface area contributed by atoms with E-state index in [2.05, 4.69) is 4.72 Å². The number of aliphatic carboxylic acids is 1. The number of sulfonamides is 1. The Morgan fingerprint density at radius 3 is 2.62 bits per heavy atom. The van der Waals surface area contributed by atoms with Crippen molar-refractivity contribution in [3.8, 4) is 0 Å². The van der Waals surface area contributed by atoms with E-state index in [-0.39, 0.29) is 17.7 Å². The number of rotatable bonds is 7. The molecule has 0 aliphatic heterocycles. The zero-order chi connectivity index (χ0) is 16.1. The molecule has 0 atom stereocenters. The van der Waals surface area contributed by atoms with Gasteiger partial charge in [0.1, 0.15) is 0 Å². The number of carboxylic acid groups (broad SMARTS) is 1. The van der Waals surface area contributed by atoms with E-state index in [4.69, 9.17) is 5.11 Å². The Balaban J connectivity index is 2.53. The van der Waals surface area contributed by atoms with Crippen LogP contribution in [-0.2, 0) is 21.4 Å². The summed E-state index contributed by atoms with van der Waals surface area (Å²) in [5.74, 6) is -0.902. The molecule has 2 N–H and O–H groups in total. The summed E-state index contributed by atoms with van der Waals surface area (Å²) in [7, 11) is -3.28. The lowest BCUT2D eigenvalue weighted by atomic mass is 9.94. The molecule has 0 aliphatic carbocycles. The summed E-state index contributed by atoms with van der Waals surface area (Å²) in [5.41, 5.74) is -0.0214. The fourth-order valence-electron chi connectivity index (χ4n) is 1.43. The Labute approximate surface area is 129 Å². The van der Waals surface area contributed by atoms with Crippen LogP contribution in [0.3, 0.4) is 0 Å². The zero-order valence-electron chi connectivity index (χ0n) is 12.4. The molecule has 5 nitrogen and oxygen atoms in total. The molecule has 0 aromatic carbocycles. The lowest BCUT2D eigenvalue weighted by molar-refractivity contribution is -0.131. The second kappa shape index (κ2) is 7.20. The third kappa shape index (κ3) is 7.99. The van der Waals surface area contributed by atoms with Crippen molar-refractivity contribution in [1.29, 1.82) is 0 Å². The van der Waals surface area contributed by atoms with Crippen molar-refractivity contribution in [3.05, 3.63) is 28.0 Å². The molecule has 0 amide bonds.